The number of rotatable bonds is 7. The lowest BCUT2D eigenvalue weighted by Gasteiger charge is -2.35. The molecule has 41 heavy (non-hydrogen) atoms. The molecule has 8 heteroatoms. The number of pyridine rings is 1. The quantitative estimate of drug-likeness (QED) is 0.254. The van der Waals surface area contributed by atoms with Crippen LogP contribution in [0.4, 0.5) is 10.5 Å². The van der Waals surface area contributed by atoms with Crippen LogP contribution in [-0.2, 0) is 11.3 Å². The molecule has 1 aliphatic heterocycles. The largest absolute Gasteiger partial charge is 0.497 e. The standard InChI is InChI=1S/C33H37ClN4O3/c1-33(2,3)41-32(39)38-19-17-37(18-20-38)22-23-5-7-24(8-6-23)31(25-9-11-26(34)12-10-25)36-30-15-16-35-29-14-13-27(40-4)21-28(29)30/h5-16,21,31H,17-20,22H2,1-4H3,(H,35,36). The number of nitrogens with zero attached hydrogens (tertiary/aromatic N) is 3. The first-order chi connectivity index (χ1) is 19.7. The van der Waals surface area contributed by atoms with Crippen LogP contribution in [0.2, 0.25) is 5.02 Å². The molecule has 0 aliphatic carbocycles. The number of benzene rings is 3. The Morgan fingerprint density at radius 2 is 1.61 bits per heavy atom. The highest BCUT2D eigenvalue weighted by molar-refractivity contribution is 6.30. The van der Waals surface area contributed by atoms with Crippen LogP contribution in [0.5, 0.6) is 5.75 Å². The van der Waals surface area contributed by atoms with Crippen molar-refractivity contribution in [2.45, 2.75) is 39.0 Å². The molecule has 7 nitrogen and oxygen atoms in total. The fraction of sp³-hybridized carbons (Fsp3) is 0.333. The van der Waals surface area contributed by atoms with Crippen LogP contribution in [0.25, 0.3) is 10.9 Å². The van der Waals surface area contributed by atoms with Crippen LogP contribution in [0, 0.1) is 0 Å². The second kappa shape index (κ2) is 12.4. The van der Waals surface area contributed by atoms with E-state index >= 15 is 0 Å². The Kier molecular flexibility index (Phi) is 8.66. The van der Waals surface area contributed by atoms with Crippen LogP contribution < -0.4 is 10.1 Å². The van der Waals surface area contributed by atoms with Crippen LogP contribution >= 0.6 is 11.6 Å². The van der Waals surface area contributed by atoms with Crippen LogP contribution in [-0.4, -0.2) is 59.8 Å². The molecular weight excluding hydrogens is 536 g/mol. The molecule has 1 fully saturated rings. The number of piperazine rings is 1. The third-order valence-electron chi connectivity index (χ3n) is 7.20. The van der Waals surface area contributed by atoms with Crippen molar-refractivity contribution in [2.75, 3.05) is 38.6 Å². The number of amides is 1. The van der Waals surface area contributed by atoms with Gasteiger partial charge in [-0.3, -0.25) is 9.88 Å². The van der Waals surface area contributed by atoms with Crippen molar-refractivity contribution >= 4 is 34.3 Å². The second-order valence-electron chi connectivity index (χ2n) is 11.4. The van der Waals surface area contributed by atoms with Crippen molar-refractivity contribution in [2.24, 2.45) is 0 Å². The normalized spacial score (nSPS) is 15.0. The molecule has 214 valence electrons. The highest BCUT2D eigenvalue weighted by Crippen LogP contribution is 2.33. The van der Waals surface area contributed by atoms with Gasteiger partial charge in [0, 0.05) is 55.0 Å². The topological polar surface area (TPSA) is 66.9 Å². The van der Waals surface area contributed by atoms with Gasteiger partial charge >= 0.3 is 6.09 Å². The van der Waals surface area contributed by atoms with E-state index in [-0.39, 0.29) is 12.1 Å². The number of hydrogen-bond acceptors (Lipinski definition) is 6. The molecule has 5 rings (SSSR count). The van der Waals surface area contributed by atoms with Crippen molar-refractivity contribution in [3.63, 3.8) is 0 Å². The predicted molar refractivity (Wildman–Crippen MR) is 165 cm³/mol. The van der Waals surface area contributed by atoms with Gasteiger partial charge in [0.2, 0.25) is 0 Å². The lowest BCUT2D eigenvalue weighted by molar-refractivity contribution is 0.0139. The number of fused-ring (bicyclic) bond motifs is 1. The molecular formula is C33H37ClN4O3. The summed E-state index contributed by atoms with van der Waals surface area (Å²) in [6.45, 7) is 9.48. The summed E-state index contributed by atoms with van der Waals surface area (Å²) in [5.74, 6) is 0.785. The van der Waals surface area contributed by atoms with Gasteiger partial charge in [-0.05, 0) is 73.9 Å². The molecule has 0 saturated carbocycles. The van der Waals surface area contributed by atoms with Gasteiger partial charge < -0.3 is 19.7 Å². The molecule has 1 aromatic heterocycles. The summed E-state index contributed by atoms with van der Waals surface area (Å²) in [5.41, 5.74) is 4.86. The minimum absolute atomic E-state index is 0.101. The van der Waals surface area contributed by atoms with E-state index in [9.17, 15) is 4.79 Å². The minimum atomic E-state index is -0.480. The van der Waals surface area contributed by atoms with Gasteiger partial charge in [-0.1, -0.05) is 48.0 Å². The highest BCUT2D eigenvalue weighted by Gasteiger charge is 2.26. The van der Waals surface area contributed by atoms with Crippen LogP contribution in [0.15, 0.2) is 79.0 Å². The van der Waals surface area contributed by atoms with E-state index in [1.807, 2.05) is 63.4 Å². The fourth-order valence-corrected chi connectivity index (χ4v) is 5.16. The number of aromatic nitrogens is 1. The number of carbonyl (C=O) groups excluding carboxylic acids is 1. The van der Waals surface area contributed by atoms with Crippen molar-refractivity contribution in [1.29, 1.82) is 0 Å². The van der Waals surface area contributed by atoms with E-state index in [1.54, 1.807) is 12.0 Å². The van der Waals surface area contributed by atoms with Gasteiger partial charge in [0.25, 0.3) is 0 Å². The molecule has 3 aromatic carbocycles. The minimum Gasteiger partial charge on any atom is -0.497 e. The summed E-state index contributed by atoms with van der Waals surface area (Å²) in [4.78, 5) is 21.1. The fourth-order valence-electron chi connectivity index (χ4n) is 5.04. The first-order valence-corrected chi connectivity index (χ1v) is 14.3. The van der Waals surface area contributed by atoms with E-state index in [4.69, 9.17) is 21.1 Å². The first kappa shape index (κ1) is 28.7. The van der Waals surface area contributed by atoms with Gasteiger partial charge in [0.15, 0.2) is 0 Å². The Bertz CT molecular complexity index is 1480. The number of methoxy groups -OCH3 is 1. The zero-order valence-electron chi connectivity index (χ0n) is 24.1. The smallest absolute Gasteiger partial charge is 0.410 e. The van der Waals surface area contributed by atoms with E-state index in [0.29, 0.717) is 18.1 Å². The molecule has 0 radical (unpaired) electrons. The SMILES string of the molecule is COc1ccc2nccc(NC(c3ccc(Cl)cc3)c3ccc(CN4CCN(C(=O)OC(C)(C)C)CC4)cc3)c2c1. The highest BCUT2D eigenvalue weighted by atomic mass is 35.5. The van der Waals surface area contributed by atoms with Crippen molar-refractivity contribution < 1.29 is 14.3 Å². The Hall–Kier alpha value is -3.81. The number of hydrogen-bond donors (Lipinski definition) is 1. The number of anilines is 1. The third-order valence-corrected chi connectivity index (χ3v) is 7.45. The van der Waals surface area contributed by atoms with Crippen molar-refractivity contribution in [3.8, 4) is 5.75 Å². The average molecular weight is 573 g/mol. The van der Waals surface area contributed by atoms with Crippen molar-refractivity contribution in [1.82, 2.24) is 14.8 Å². The van der Waals surface area contributed by atoms with Gasteiger partial charge in [0.1, 0.15) is 11.4 Å². The molecule has 1 unspecified atom stereocenters. The Labute approximate surface area is 247 Å². The summed E-state index contributed by atoms with van der Waals surface area (Å²) < 4.78 is 11.0. The van der Waals surface area contributed by atoms with E-state index < -0.39 is 5.60 Å². The molecule has 4 aromatic rings. The monoisotopic (exact) mass is 572 g/mol. The molecule has 0 bridgehead atoms. The third kappa shape index (κ3) is 7.29. The van der Waals surface area contributed by atoms with E-state index in [2.05, 4.69) is 51.6 Å². The van der Waals surface area contributed by atoms with Crippen LogP contribution in [0.3, 0.4) is 0 Å². The Balaban J connectivity index is 1.32. The van der Waals surface area contributed by atoms with Gasteiger partial charge in [0.05, 0.1) is 18.7 Å². The molecule has 1 saturated heterocycles. The molecule has 1 aliphatic rings. The predicted octanol–water partition coefficient (Wildman–Crippen LogP) is 7.15. The molecule has 1 atom stereocenters. The van der Waals surface area contributed by atoms with Gasteiger partial charge in [-0.15, -0.1) is 0 Å². The summed E-state index contributed by atoms with van der Waals surface area (Å²) in [5, 5.41) is 5.46. The summed E-state index contributed by atoms with van der Waals surface area (Å²) >= 11 is 6.23. The first-order valence-electron chi connectivity index (χ1n) is 13.9. The lowest BCUT2D eigenvalue weighted by atomic mass is 9.97. The maximum absolute atomic E-state index is 12.4. The Morgan fingerprint density at radius 1 is 0.951 bits per heavy atom. The summed E-state index contributed by atoms with van der Waals surface area (Å²) in [6, 6.07) is 24.5. The van der Waals surface area contributed by atoms with Gasteiger partial charge in [-0.2, -0.15) is 0 Å². The maximum Gasteiger partial charge on any atom is 0.410 e. The maximum atomic E-state index is 12.4. The van der Waals surface area contributed by atoms with Crippen molar-refractivity contribution in [3.05, 3.63) is 101 Å². The van der Waals surface area contributed by atoms with E-state index in [1.165, 1.54) is 5.56 Å². The summed E-state index contributed by atoms with van der Waals surface area (Å²) in [6.07, 6.45) is 1.59. The average Bonchev–Trinajstić information content (AvgIpc) is 2.96. The molecule has 1 N–H and O–H groups in total. The number of halogens is 1. The Morgan fingerprint density at radius 3 is 2.24 bits per heavy atom. The molecule has 2 heterocycles. The number of carbonyl (C=O) groups is 1. The molecule has 1 amide bonds. The molecule has 0 spiro atoms. The zero-order valence-corrected chi connectivity index (χ0v) is 24.8. The van der Waals surface area contributed by atoms with Gasteiger partial charge in [-0.25, -0.2) is 4.79 Å². The number of nitrogens with one attached hydrogen (secondary N) is 1. The van der Waals surface area contributed by atoms with E-state index in [0.717, 1.165) is 53.1 Å². The van der Waals surface area contributed by atoms with Crippen LogP contribution in [0.1, 0.15) is 43.5 Å². The summed E-state index contributed by atoms with van der Waals surface area (Å²) in [7, 11) is 1.67. The lowest BCUT2D eigenvalue weighted by Crippen LogP contribution is -2.49. The second-order valence-corrected chi connectivity index (χ2v) is 11.8. The number of ether oxygens (including phenoxy) is 2. The zero-order chi connectivity index (χ0) is 29.0.